The largest absolute Gasteiger partial charge is 0.493 e. The van der Waals surface area contributed by atoms with E-state index in [1.165, 1.54) is 0 Å². The molecule has 1 aromatic carbocycles. The van der Waals surface area contributed by atoms with Crippen LogP contribution in [0, 0.1) is 5.41 Å². The maximum absolute atomic E-state index is 5.82. The summed E-state index contributed by atoms with van der Waals surface area (Å²) in [5.41, 5.74) is 0.183. The van der Waals surface area contributed by atoms with E-state index < -0.39 is 0 Å². The maximum Gasteiger partial charge on any atom is 0.119 e. The molecular weight excluding hydrogens is 240 g/mol. The summed E-state index contributed by atoms with van der Waals surface area (Å²) in [6.07, 6.45) is 2.17. The van der Waals surface area contributed by atoms with E-state index in [1.807, 2.05) is 24.3 Å². The summed E-state index contributed by atoms with van der Waals surface area (Å²) < 4.78 is 5.79. The van der Waals surface area contributed by atoms with E-state index in [2.05, 4.69) is 26.5 Å². The molecule has 0 bridgehead atoms. The molecule has 0 saturated heterocycles. The molecule has 1 nitrogen and oxygen atoms in total. The number of ether oxygens (including phenoxy) is 1. The molecule has 0 unspecified atom stereocenters. The van der Waals surface area contributed by atoms with Gasteiger partial charge in [-0.05, 0) is 42.9 Å². The van der Waals surface area contributed by atoms with Crippen molar-refractivity contribution in [3.63, 3.8) is 0 Å². The first kappa shape index (κ1) is 13.7. The monoisotopic (exact) mass is 258 g/mol. The van der Waals surface area contributed by atoms with Crippen molar-refractivity contribution >= 4 is 24.2 Å². The molecule has 0 aliphatic heterocycles. The highest BCUT2D eigenvalue weighted by Gasteiger charge is 2.25. The van der Waals surface area contributed by atoms with E-state index in [0.29, 0.717) is 6.61 Å². The third kappa shape index (κ3) is 3.60. The van der Waals surface area contributed by atoms with Crippen molar-refractivity contribution in [2.75, 3.05) is 12.4 Å². The minimum atomic E-state index is 0.183. The number of thiol groups is 1. The Kier molecular flexibility index (Phi) is 5.50. The molecule has 0 saturated carbocycles. The Morgan fingerprint density at radius 2 is 1.75 bits per heavy atom. The second-order valence-corrected chi connectivity index (χ2v) is 4.86. The molecule has 90 valence electrons. The van der Waals surface area contributed by atoms with Crippen LogP contribution in [0.25, 0.3) is 0 Å². The van der Waals surface area contributed by atoms with Gasteiger partial charge in [-0.25, -0.2) is 0 Å². The first-order valence-corrected chi connectivity index (χ1v) is 6.66. The van der Waals surface area contributed by atoms with Crippen LogP contribution in [0.3, 0.4) is 0 Å². The molecule has 0 aromatic heterocycles. The zero-order valence-corrected chi connectivity index (χ0v) is 11.5. The van der Waals surface area contributed by atoms with Gasteiger partial charge in [-0.3, -0.25) is 0 Å². The second kappa shape index (κ2) is 6.41. The van der Waals surface area contributed by atoms with Crippen molar-refractivity contribution in [1.82, 2.24) is 0 Å². The minimum Gasteiger partial charge on any atom is -0.493 e. The second-order valence-electron chi connectivity index (χ2n) is 4.11. The summed E-state index contributed by atoms with van der Waals surface area (Å²) >= 11 is 10.2. The van der Waals surface area contributed by atoms with E-state index in [0.717, 1.165) is 29.4 Å². The summed E-state index contributed by atoms with van der Waals surface area (Å²) in [5.74, 6) is 1.73. The van der Waals surface area contributed by atoms with Crippen LogP contribution in [0.15, 0.2) is 24.3 Å². The molecule has 0 heterocycles. The van der Waals surface area contributed by atoms with Crippen molar-refractivity contribution in [3.8, 4) is 5.75 Å². The van der Waals surface area contributed by atoms with Crippen LogP contribution in [-0.2, 0) is 0 Å². The molecule has 0 spiro atoms. The highest BCUT2D eigenvalue weighted by atomic mass is 35.5. The van der Waals surface area contributed by atoms with Gasteiger partial charge in [0.2, 0.25) is 0 Å². The lowest BCUT2D eigenvalue weighted by Gasteiger charge is -2.29. The third-order valence-corrected chi connectivity index (χ3v) is 4.12. The fourth-order valence-corrected chi connectivity index (χ4v) is 2.16. The molecule has 1 aromatic rings. The lowest BCUT2D eigenvalue weighted by molar-refractivity contribution is 0.157. The topological polar surface area (TPSA) is 9.23 Å². The highest BCUT2D eigenvalue weighted by Crippen LogP contribution is 2.29. The Morgan fingerprint density at radius 3 is 2.19 bits per heavy atom. The average molecular weight is 259 g/mol. The summed E-state index contributed by atoms with van der Waals surface area (Å²) in [6, 6.07) is 7.49. The molecule has 0 N–H and O–H groups in total. The van der Waals surface area contributed by atoms with E-state index >= 15 is 0 Å². The van der Waals surface area contributed by atoms with Crippen LogP contribution in [-0.4, -0.2) is 12.4 Å². The molecule has 0 amide bonds. The van der Waals surface area contributed by atoms with Gasteiger partial charge in [0, 0.05) is 10.4 Å². The number of hydrogen-bond donors (Lipinski definition) is 1. The summed E-state index contributed by atoms with van der Waals surface area (Å²) in [7, 11) is 0. The van der Waals surface area contributed by atoms with Crippen LogP contribution in [0.5, 0.6) is 5.75 Å². The van der Waals surface area contributed by atoms with E-state index in [-0.39, 0.29) is 5.41 Å². The Bertz CT molecular complexity index is 298. The molecular formula is C13H19ClOS. The Labute approximate surface area is 109 Å². The fraction of sp³-hybridized carbons (Fsp3) is 0.538. The molecule has 0 aliphatic carbocycles. The molecule has 1 rings (SSSR count). The van der Waals surface area contributed by atoms with Gasteiger partial charge in [0.05, 0.1) is 6.61 Å². The quantitative estimate of drug-likeness (QED) is 0.742. The Morgan fingerprint density at radius 1 is 1.19 bits per heavy atom. The first-order chi connectivity index (χ1) is 7.65. The van der Waals surface area contributed by atoms with Gasteiger partial charge in [-0.1, -0.05) is 25.4 Å². The van der Waals surface area contributed by atoms with Crippen molar-refractivity contribution in [1.29, 1.82) is 0 Å². The average Bonchev–Trinajstić information content (AvgIpc) is 2.34. The summed E-state index contributed by atoms with van der Waals surface area (Å²) in [5, 5.41) is 0.735. The normalized spacial score (nSPS) is 11.5. The predicted molar refractivity (Wildman–Crippen MR) is 73.8 cm³/mol. The van der Waals surface area contributed by atoms with Crippen molar-refractivity contribution in [2.45, 2.75) is 26.7 Å². The molecule has 0 fully saturated rings. The number of rotatable bonds is 6. The SMILES string of the molecule is CCC(CC)(CS)COc1ccc(Cl)cc1. The lowest BCUT2D eigenvalue weighted by Crippen LogP contribution is -2.29. The van der Waals surface area contributed by atoms with Crippen LogP contribution in [0.2, 0.25) is 5.02 Å². The fourth-order valence-electron chi connectivity index (χ4n) is 1.49. The Hall–Kier alpha value is -0.340. The summed E-state index contributed by atoms with van der Waals surface area (Å²) in [6.45, 7) is 5.08. The molecule has 0 atom stereocenters. The molecule has 3 heteroatoms. The molecule has 0 aliphatic rings. The number of benzene rings is 1. The lowest BCUT2D eigenvalue weighted by atomic mass is 9.85. The molecule has 0 radical (unpaired) electrons. The zero-order valence-electron chi connectivity index (χ0n) is 9.87. The van der Waals surface area contributed by atoms with Crippen LogP contribution in [0.4, 0.5) is 0 Å². The number of halogens is 1. The van der Waals surface area contributed by atoms with E-state index in [4.69, 9.17) is 16.3 Å². The van der Waals surface area contributed by atoms with Crippen LogP contribution < -0.4 is 4.74 Å². The van der Waals surface area contributed by atoms with Gasteiger partial charge in [-0.15, -0.1) is 0 Å². The van der Waals surface area contributed by atoms with Gasteiger partial charge in [0.15, 0.2) is 0 Å². The number of hydrogen-bond acceptors (Lipinski definition) is 2. The van der Waals surface area contributed by atoms with E-state index in [1.54, 1.807) is 0 Å². The van der Waals surface area contributed by atoms with Gasteiger partial charge in [-0.2, -0.15) is 12.6 Å². The zero-order chi connectivity index (χ0) is 12.0. The van der Waals surface area contributed by atoms with Crippen LogP contribution >= 0.6 is 24.2 Å². The van der Waals surface area contributed by atoms with Gasteiger partial charge >= 0.3 is 0 Å². The molecule has 16 heavy (non-hydrogen) atoms. The van der Waals surface area contributed by atoms with Crippen molar-refractivity contribution in [3.05, 3.63) is 29.3 Å². The Balaban J connectivity index is 2.58. The standard InChI is InChI=1S/C13H19ClOS/c1-3-13(4-2,10-16)9-15-12-7-5-11(14)6-8-12/h5-8,16H,3-4,9-10H2,1-2H3. The maximum atomic E-state index is 5.82. The van der Waals surface area contributed by atoms with Crippen molar-refractivity contribution in [2.24, 2.45) is 5.41 Å². The highest BCUT2D eigenvalue weighted by molar-refractivity contribution is 7.80. The van der Waals surface area contributed by atoms with Gasteiger partial charge < -0.3 is 4.74 Å². The van der Waals surface area contributed by atoms with Crippen molar-refractivity contribution < 1.29 is 4.74 Å². The smallest absolute Gasteiger partial charge is 0.119 e. The first-order valence-electron chi connectivity index (χ1n) is 5.65. The van der Waals surface area contributed by atoms with Gasteiger partial charge in [0.1, 0.15) is 5.75 Å². The summed E-state index contributed by atoms with van der Waals surface area (Å²) in [4.78, 5) is 0. The predicted octanol–water partition coefficient (Wildman–Crippen LogP) is 4.46. The van der Waals surface area contributed by atoms with Gasteiger partial charge in [0.25, 0.3) is 0 Å². The van der Waals surface area contributed by atoms with Crippen LogP contribution in [0.1, 0.15) is 26.7 Å². The minimum absolute atomic E-state index is 0.183. The third-order valence-electron chi connectivity index (χ3n) is 3.19. The van der Waals surface area contributed by atoms with E-state index in [9.17, 15) is 0 Å².